The molecule has 72 heavy (non-hydrogen) atoms. The van der Waals surface area contributed by atoms with Crippen molar-refractivity contribution < 1.29 is 35.0 Å². The first-order valence-corrected chi connectivity index (χ1v) is 26.7. The van der Waals surface area contributed by atoms with Crippen LogP contribution in [0.2, 0.25) is 0 Å². The van der Waals surface area contributed by atoms with Gasteiger partial charge in [0.2, 0.25) is 0 Å². The minimum absolute atomic E-state index is 0. The quantitative estimate of drug-likeness (QED) is 0.0237. The number of aliphatic imine (C=N–C) groups is 5. The highest BCUT2D eigenvalue weighted by Crippen LogP contribution is 2.20. The van der Waals surface area contributed by atoms with Crippen molar-refractivity contribution in [1.82, 2.24) is 0 Å². The highest BCUT2D eigenvalue weighted by Gasteiger charge is 2.05. The maximum absolute atomic E-state index is 9.60. The highest BCUT2D eigenvalue weighted by atomic mass is 32.2. The van der Waals surface area contributed by atoms with Gasteiger partial charge in [-0.2, -0.15) is 36.2 Å². The number of rotatable bonds is 21. The molecule has 15 heteroatoms. The number of para-hydroxylation sites is 5. The molecule has 0 radical (unpaired) electrons. The lowest BCUT2D eigenvalue weighted by Gasteiger charge is -2.03. The molecule has 5 N–H and O–H groups in total. The lowest BCUT2D eigenvalue weighted by molar-refractivity contribution is 0.156. The third kappa shape index (κ3) is 28.5. The molecule has 0 bridgehead atoms. The third-order valence-corrected chi connectivity index (χ3v) is 11.5. The number of hydrogen-bond acceptors (Lipinski definition) is 15. The number of ether oxygens (including phenoxy) is 2. The number of aromatic hydroxyl groups is 5. The summed E-state index contributed by atoms with van der Waals surface area (Å²) in [5.74, 6) is 5.35. The second-order valence-corrected chi connectivity index (χ2v) is 17.9. The average molecular weight is 1040 g/mol. The van der Waals surface area contributed by atoms with Gasteiger partial charge in [0.15, 0.2) is 0 Å². The van der Waals surface area contributed by atoms with E-state index in [1.165, 1.54) is 0 Å². The van der Waals surface area contributed by atoms with Crippen LogP contribution in [-0.2, 0) is 9.47 Å². The van der Waals surface area contributed by atoms with Crippen molar-refractivity contribution in [2.75, 3.05) is 88.9 Å². The van der Waals surface area contributed by atoms with E-state index < -0.39 is 0 Å². The lowest BCUT2D eigenvalue weighted by Crippen LogP contribution is -2.02. The Kier molecular flexibility index (Phi) is 38.7. The van der Waals surface area contributed by atoms with Crippen LogP contribution < -0.4 is 0 Å². The normalized spacial score (nSPS) is 11.6. The summed E-state index contributed by atoms with van der Waals surface area (Å²) in [6.07, 6.45) is 2.06. The Labute approximate surface area is 445 Å². The fourth-order valence-electron chi connectivity index (χ4n) is 6.00. The number of methoxy groups -OCH3 is 1. The van der Waals surface area contributed by atoms with Gasteiger partial charge in [0.1, 0.15) is 28.7 Å². The molecule has 0 saturated heterocycles. The molecule has 0 aliphatic heterocycles. The number of phenolic OH excluding ortho intramolecular Hbond substituents is 5. The zero-order valence-electron chi connectivity index (χ0n) is 43.1. The van der Waals surface area contributed by atoms with Gasteiger partial charge in [-0.25, -0.2) is 0 Å². The van der Waals surface area contributed by atoms with Crippen LogP contribution in [0.25, 0.3) is 0 Å². The molecule has 0 heterocycles. The van der Waals surface area contributed by atoms with Crippen LogP contribution in [0, 0.1) is 0 Å². The van der Waals surface area contributed by atoms with E-state index in [0.717, 1.165) is 92.5 Å². The largest absolute Gasteiger partial charge is 0.507 e. The van der Waals surface area contributed by atoms with E-state index >= 15 is 0 Å². The zero-order chi connectivity index (χ0) is 52.7. The van der Waals surface area contributed by atoms with Gasteiger partial charge in [-0.05, 0) is 114 Å². The molecule has 0 atom stereocenters. The molecular weight excluding hydrogens is 963 g/mol. The van der Waals surface area contributed by atoms with Crippen molar-refractivity contribution in [3.63, 3.8) is 0 Å². The summed E-state index contributed by atoms with van der Waals surface area (Å²) in [6, 6.07) is 36.2. The standard InChI is InChI=1S/C12H17NO2.C12H17NOS.C11H15NO2.C11H15NOS.C10H13NOS.CH4/c2*1-3-15-9-8-13-10(2)11-6-4-5-7-12(11)14;2*1-9(12-7-8-14-2)10-5-3-4-6-11(10)13;1-8(11-6-7-13)9-4-2-3-5-10(9)12;/h2*4-7,14H,3,8-9H2,1-2H3;2*3-6,13H,7-8H2,1-2H3;2-5,12-13H,6-7H2,1H3;1H4. The van der Waals surface area contributed by atoms with E-state index in [-0.39, 0.29) is 24.7 Å². The monoisotopic (exact) mass is 1040 g/mol. The van der Waals surface area contributed by atoms with Crippen molar-refractivity contribution in [3.8, 4) is 28.7 Å². The van der Waals surface area contributed by atoms with Crippen LogP contribution in [0.3, 0.4) is 0 Å². The fourth-order valence-corrected chi connectivity index (χ4v) is 6.88. The van der Waals surface area contributed by atoms with Gasteiger partial charge in [0.05, 0.1) is 26.3 Å². The van der Waals surface area contributed by atoms with E-state index in [0.29, 0.717) is 51.0 Å². The van der Waals surface area contributed by atoms with E-state index in [2.05, 4.69) is 50.8 Å². The molecule has 394 valence electrons. The fraction of sp³-hybridized carbons (Fsp3) is 0.386. The van der Waals surface area contributed by atoms with E-state index in [4.69, 9.17) is 9.47 Å². The SMILES string of the molecule is C.CC(=NCCS)c1ccccc1O.CCOCCN=C(C)c1ccccc1O.CCSCCN=C(C)c1ccccc1O.COCCN=C(C)c1ccccc1O.CSCCN=C(C)c1ccccc1O. The predicted octanol–water partition coefficient (Wildman–Crippen LogP) is 12.4. The van der Waals surface area contributed by atoms with Gasteiger partial charge in [0.25, 0.3) is 0 Å². The first-order valence-electron chi connectivity index (χ1n) is 23.5. The van der Waals surface area contributed by atoms with Crippen LogP contribution in [0.1, 0.15) is 83.7 Å². The summed E-state index contributed by atoms with van der Waals surface area (Å²) in [4.78, 5) is 21.7. The molecule has 0 aromatic heterocycles. The summed E-state index contributed by atoms with van der Waals surface area (Å²) in [5, 5.41) is 47.7. The summed E-state index contributed by atoms with van der Waals surface area (Å²) < 4.78 is 10.1. The maximum Gasteiger partial charge on any atom is 0.124 e. The molecule has 5 aromatic rings. The van der Waals surface area contributed by atoms with E-state index in [1.54, 1.807) is 67.4 Å². The minimum Gasteiger partial charge on any atom is -0.507 e. The summed E-state index contributed by atoms with van der Waals surface area (Å²) >= 11 is 7.72. The highest BCUT2D eigenvalue weighted by molar-refractivity contribution is 7.99. The number of benzene rings is 5. The van der Waals surface area contributed by atoms with Crippen molar-refractivity contribution in [2.45, 2.75) is 55.9 Å². The first kappa shape index (κ1) is 66.4. The number of hydrogen-bond donors (Lipinski definition) is 6. The molecule has 0 fully saturated rings. The van der Waals surface area contributed by atoms with Gasteiger partial charge >= 0.3 is 0 Å². The average Bonchev–Trinajstić information content (AvgIpc) is 3.37. The molecule has 0 spiro atoms. The molecule has 5 aromatic carbocycles. The Balaban J connectivity index is 0.000000873. The van der Waals surface area contributed by atoms with Gasteiger partial charge < -0.3 is 35.0 Å². The topological polar surface area (TPSA) is 181 Å². The molecule has 0 saturated carbocycles. The van der Waals surface area contributed by atoms with Crippen LogP contribution >= 0.6 is 36.2 Å². The Morgan fingerprint density at radius 1 is 0.458 bits per heavy atom. The number of nitrogens with zero attached hydrogens (tertiary/aromatic N) is 5. The number of phenols is 5. The third-order valence-electron chi connectivity index (χ3n) is 9.78. The number of thiol groups is 1. The smallest absolute Gasteiger partial charge is 0.124 e. The molecule has 0 aliphatic rings. The Bertz CT molecular complexity index is 2260. The lowest BCUT2D eigenvalue weighted by atomic mass is 10.1. The number of thioether (sulfide) groups is 2. The van der Waals surface area contributed by atoms with Gasteiger partial charge in [-0.15, -0.1) is 0 Å². The minimum atomic E-state index is 0. The van der Waals surface area contributed by atoms with E-state index in [9.17, 15) is 25.5 Å². The molecule has 0 aliphatic carbocycles. The van der Waals surface area contributed by atoms with Crippen molar-refractivity contribution in [2.24, 2.45) is 25.0 Å². The van der Waals surface area contributed by atoms with Crippen LogP contribution in [-0.4, -0.2) is 143 Å². The molecule has 0 amide bonds. The maximum atomic E-state index is 9.60. The predicted molar refractivity (Wildman–Crippen MR) is 316 cm³/mol. The van der Waals surface area contributed by atoms with Crippen LogP contribution in [0.5, 0.6) is 28.7 Å². The second-order valence-electron chi connectivity index (χ2n) is 15.0. The van der Waals surface area contributed by atoms with Gasteiger partial charge in [-0.1, -0.05) is 75.0 Å². The molecule has 5 rings (SSSR count). The molecular formula is C57H81N5O7S3. The van der Waals surface area contributed by atoms with Crippen molar-refractivity contribution in [3.05, 3.63) is 149 Å². The molecule has 12 nitrogen and oxygen atoms in total. The Hall–Kier alpha value is -5.58. The summed E-state index contributed by atoms with van der Waals surface area (Å²) in [7, 11) is 1.64. The van der Waals surface area contributed by atoms with Crippen molar-refractivity contribution >= 4 is 64.7 Å². The second kappa shape index (κ2) is 42.0. The summed E-state index contributed by atoms with van der Waals surface area (Å²) in [5.41, 5.74) is 8.36. The summed E-state index contributed by atoms with van der Waals surface area (Å²) in [6.45, 7) is 19.1. The Morgan fingerprint density at radius 3 is 1.03 bits per heavy atom. The van der Waals surface area contributed by atoms with E-state index in [1.807, 2.05) is 126 Å². The van der Waals surface area contributed by atoms with Crippen LogP contribution in [0.15, 0.2) is 146 Å². The zero-order valence-corrected chi connectivity index (χ0v) is 45.6. The van der Waals surface area contributed by atoms with Crippen molar-refractivity contribution in [1.29, 1.82) is 0 Å². The van der Waals surface area contributed by atoms with Gasteiger partial charge in [0, 0.05) is 107 Å². The molecule has 0 unspecified atom stereocenters. The Morgan fingerprint density at radius 2 is 0.750 bits per heavy atom. The first-order chi connectivity index (χ1) is 34.3. The van der Waals surface area contributed by atoms with Crippen LogP contribution in [0.4, 0.5) is 0 Å². The van der Waals surface area contributed by atoms with Gasteiger partial charge in [-0.3, -0.25) is 25.0 Å².